The fourth-order valence-electron chi connectivity index (χ4n) is 1.36. The van der Waals surface area contributed by atoms with Crippen LogP contribution in [-0.2, 0) is 9.53 Å². The minimum Gasteiger partial charge on any atom is -0.452 e. The summed E-state index contributed by atoms with van der Waals surface area (Å²) in [6.45, 7) is -0.594. The van der Waals surface area contributed by atoms with Crippen LogP contribution in [0, 0.1) is 15.9 Å². The Balaban J connectivity index is 1.85. The minimum absolute atomic E-state index is 0.0227. The summed E-state index contributed by atoms with van der Waals surface area (Å²) in [4.78, 5) is 36.6. The lowest BCUT2D eigenvalue weighted by molar-refractivity contribution is -0.380. The van der Waals surface area contributed by atoms with Gasteiger partial charge in [-0.2, -0.15) is 0 Å². The van der Waals surface area contributed by atoms with Crippen LogP contribution in [0.1, 0.15) is 10.4 Å². The number of halogens is 1. The molecule has 10 heteroatoms. The van der Waals surface area contributed by atoms with Gasteiger partial charge in [0.25, 0.3) is 5.91 Å². The van der Waals surface area contributed by atoms with Gasteiger partial charge < -0.3 is 4.74 Å². The molecule has 8 nitrogen and oxygen atoms in total. The molecule has 2 aromatic rings. The first kappa shape index (κ1) is 15.5. The molecule has 0 spiro atoms. The molecule has 0 fully saturated rings. The van der Waals surface area contributed by atoms with E-state index in [2.05, 4.69) is 10.3 Å². The molecule has 0 unspecified atom stereocenters. The van der Waals surface area contributed by atoms with Gasteiger partial charge in [0, 0.05) is 0 Å². The van der Waals surface area contributed by atoms with Gasteiger partial charge in [0.05, 0.1) is 10.5 Å². The Labute approximate surface area is 126 Å². The Hall–Kier alpha value is -2.88. The molecule has 0 atom stereocenters. The summed E-state index contributed by atoms with van der Waals surface area (Å²) in [5, 5.41) is 12.5. The maximum atomic E-state index is 12.7. The third-order valence-corrected chi connectivity index (χ3v) is 3.20. The molecule has 1 aromatic heterocycles. The molecular weight excluding hydrogens is 317 g/mol. The van der Waals surface area contributed by atoms with Crippen molar-refractivity contribution < 1.29 is 23.6 Å². The lowest BCUT2D eigenvalue weighted by Crippen LogP contribution is -2.20. The fourth-order valence-corrected chi connectivity index (χ4v) is 2.01. The number of thiazole rings is 1. The summed E-state index contributed by atoms with van der Waals surface area (Å²) in [6.07, 6.45) is 1.00. The molecule has 1 N–H and O–H groups in total. The van der Waals surface area contributed by atoms with Gasteiger partial charge in [-0.1, -0.05) is 0 Å². The number of esters is 1. The van der Waals surface area contributed by atoms with Crippen molar-refractivity contribution in [2.24, 2.45) is 0 Å². The number of hydrogen-bond donors (Lipinski definition) is 1. The zero-order valence-electron chi connectivity index (χ0n) is 10.8. The summed E-state index contributed by atoms with van der Waals surface area (Å²) in [5.74, 6) is -1.99. The Morgan fingerprint density at radius 1 is 1.36 bits per heavy atom. The van der Waals surface area contributed by atoms with Crippen LogP contribution in [0.15, 0.2) is 30.5 Å². The maximum absolute atomic E-state index is 12.7. The van der Waals surface area contributed by atoms with Gasteiger partial charge >= 0.3 is 11.0 Å². The topological polar surface area (TPSA) is 111 Å². The van der Waals surface area contributed by atoms with Crippen molar-refractivity contribution in [1.29, 1.82) is 0 Å². The van der Waals surface area contributed by atoms with E-state index in [1.54, 1.807) is 0 Å². The molecule has 0 aliphatic carbocycles. The second kappa shape index (κ2) is 6.72. The number of carbonyl (C=O) groups is 2. The highest BCUT2D eigenvalue weighted by Gasteiger charge is 2.15. The van der Waals surface area contributed by atoms with Crippen LogP contribution in [0.3, 0.4) is 0 Å². The number of ether oxygens (including phenoxy) is 1. The molecule has 0 aliphatic heterocycles. The van der Waals surface area contributed by atoms with E-state index in [0.29, 0.717) is 11.3 Å². The predicted molar refractivity (Wildman–Crippen MR) is 74.1 cm³/mol. The first-order chi connectivity index (χ1) is 10.5. The van der Waals surface area contributed by atoms with Crippen LogP contribution in [0.5, 0.6) is 0 Å². The van der Waals surface area contributed by atoms with E-state index in [9.17, 15) is 24.1 Å². The number of benzene rings is 1. The first-order valence-electron chi connectivity index (χ1n) is 5.78. The second-order valence-corrected chi connectivity index (χ2v) is 4.90. The smallest absolute Gasteiger partial charge is 0.345 e. The van der Waals surface area contributed by atoms with Crippen molar-refractivity contribution in [3.8, 4) is 0 Å². The average molecular weight is 325 g/mol. The maximum Gasteiger partial charge on any atom is 0.345 e. The lowest BCUT2D eigenvalue weighted by Gasteiger charge is -2.04. The molecule has 0 saturated heterocycles. The van der Waals surface area contributed by atoms with Crippen LogP contribution < -0.4 is 5.32 Å². The molecule has 1 amide bonds. The largest absolute Gasteiger partial charge is 0.452 e. The fraction of sp³-hybridized carbons (Fsp3) is 0.0833. The summed E-state index contributed by atoms with van der Waals surface area (Å²) in [5.41, 5.74) is 0.0964. The van der Waals surface area contributed by atoms with Crippen LogP contribution >= 0.6 is 11.3 Å². The summed E-state index contributed by atoms with van der Waals surface area (Å²) in [7, 11) is 0. The Morgan fingerprint density at radius 2 is 2.05 bits per heavy atom. The second-order valence-electron chi connectivity index (χ2n) is 3.89. The van der Waals surface area contributed by atoms with Crippen molar-refractivity contribution in [2.75, 3.05) is 11.9 Å². The van der Waals surface area contributed by atoms with Gasteiger partial charge in [-0.3, -0.25) is 20.2 Å². The molecule has 1 aromatic carbocycles. The van der Waals surface area contributed by atoms with Crippen molar-refractivity contribution in [1.82, 2.24) is 4.98 Å². The first-order valence-corrected chi connectivity index (χ1v) is 6.60. The number of aromatic nitrogens is 1. The summed E-state index contributed by atoms with van der Waals surface area (Å²) >= 11 is 0.677. The van der Waals surface area contributed by atoms with Gasteiger partial charge in [0.2, 0.25) is 0 Å². The molecule has 114 valence electrons. The normalized spacial score (nSPS) is 10.0. The van der Waals surface area contributed by atoms with Gasteiger partial charge in [-0.05, 0) is 35.6 Å². The Bertz CT molecular complexity index is 716. The monoisotopic (exact) mass is 325 g/mol. The number of nitrogens with zero attached hydrogens (tertiary/aromatic N) is 2. The highest BCUT2D eigenvalue weighted by molar-refractivity contribution is 7.18. The van der Waals surface area contributed by atoms with Crippen molar-refractivity contribution in [2.45, 2.75) is 0 Å². The Morgan fingerprint density at radius 3 is 2.64 bits per heavy atom. The molecule has 2 rings (SSSR count). The highest BCUT2D eigenvalue weighted by atomic mass is 32.1. The molecule has 22 heavy (non-hydrogen) atoms. The SMILES string of the molecule is O=C(COC(=O)c1ccc(F)cc1)Nc1ncc([N+](=O)[O-])s1. The summed E-state index contributed by atoms with van der Waals surface area (Å²) in [6, 6.07) is 4.62. The third-order valence-electron chi connectivity index (χ3n) is 2.33. The molecule has 0 aliphatic rings. The van der Waals surface area contributed by atoms with Crippen LogP contribution in [0.2, 0.25) is 0 Å². The number of nitro groups is 1. The third kappa shape index (κ3) is 4.06. The zero-order chi connectivity index (χ0) is 16.1. The number of carbonyl (C=O) groups excluding carboxylic acids is 2. The molecule has 0 bridgehead atoms. The minimum atomic E-state index is -0.791. The predicted octanol–water partition coefficient (Wildman–Crippen LogP) is 1.99. The molecular formula is C12H8FN3O5S. The molecule has 0 radical (unpaired) electrons. The van der Waals surface area contributed by atoms with E-state index in [1.807, 2.05) is 0 Å². The van der Waals surface area contributed by atoms with Crippen LogP contribution in [-0.4, -0.2) is 28.4 Å². The number of hydrogen-bond acceptors (Lipinski definition) is 7. The molecule has 0 saturated carbocycles. The summed E-state index contributed by atoms with van der Waals surface area (Å²) < 4.78 is 17.4. The lowest BCUT2D eigenvalue weighted by atomic mass is 10.2. The highest BCUT2D eigenvalue weighted by Crippen LogP contribution is 2.24. The van der Waals surface area contributed by atoms with Crippen LogP contribution in [0.25, 0.3) is 0 Å². The van der Waals surface area contributed by atoms with Crippen LogP contribution in [0.4, 0.5) is 14.5 Å². The zero-order valence-corrected chi connectivity index (χ0v) is 11.6. The van der Waals surface area contributed by atoms with Gasteiger partial charge in [-0.15, -0.1) is 0 Å². The van der Waals surface area contributed by atoms with Crippen molar-refractivity contribution in [3.05, 3.63) is 52.0 Å². The van der Waals surface area contributed by atoms with Gasteiger partial charge in [-0.25, -0.2) is 14.2 Å². The van der Waals surface area contributed by atoms with E-state index in [4.69, 9.17) is 4.74 Å². The average Bonchev–Trinajstić information content (AvgIpc) is 2.94. The standard InChI is InChI=1S/C12H8FN3O5S/c13-8-3-1-7(2-4-8)11(18)21-6-9(17)15-12-14-5-10(22-12)16(19)20/h1-5H,6H2,(H,14,15,17). The number of rotatable bonds is 5. The van der Waals surface area contributed by atoms with E-state index < -0.39 is 29.2 Å². The number of anilines is 1. The number of amides is 1. The number of nitrogens with one attached hydrogen (secondary N) is 1. The Kier molecular flexibility index (Phi) is 4.73. The van der Waals surface area contributed by atoms with Crippen molar-refractivity contribution >= 4 is 33.3 Å². The van der Waals surface area contributed by atoms with E-state index in [1.165, 1.54) is 12.1 Å². The van der Waals surface area contributed by atoms with E-state index >= 15 is 0 Å². The van der Waals surface area contributed by atoms with E-state index in [-0.39, 0.29) is 15.7 Å². The van der Waals surface area contributed by atoms with Gasteiger partial charge in [0.15, 0.2) is 11.7 Å². The van der Waals surface area contributed by atoms with E-state index in [0.717, 1.165) is 18.3 Å². The van der Waals surface area contributed by atoms with Gasteiger partial charge in [0.1, 0.15) is 12.0 Å². The quantitative estimate of drug-likeness (QED) is 0.511. The molecule has 1 heterocycles. The van der Waals surface area contributed by atoms with Crippen molar-refractivity contribution in [3.63, 3.8) is 0 Å².